The highest BCUT2D eigenvalue weighted by molar-refractivity contribution is 9.10. The van der Waals surface area contributed by atoms with Crippen molar-refractivity contribution in [1.29, 1.82) is 0 Å². The van der Waals surface area contributed by atoms with Gasteiger partial charge in [0.2, 0.25) is 17.7 Å². The molecule has 1 unspecified atom stereocenters. The number of para-hydroxylation sites is 1. The van der Waals surface area contributed by atoms with Crippen LogP contribution in [-0.4, -0.2) is 53.1 Å². The number of nitrogens with one attached hydrogen (secondary N) is 2. The number of carbonyl (C=O) groups is 4. The minimum absolute atomic E-state index is 0.0616. The SMILES string of the molecule is C#CCCCC(=O)N(c1ccc(Br)c(C)c1)C(COc1ccc(-c2cc(C(=O)O)no2)cc1)C(=O)NCCCCCC(=O)NCc1ccc(Oc2ccccc2)cc1. The number of hydrogen-bond acceptors (Lipinski definition) is 8. The number of aromatic carboxylic acids is 1. The lowest BCUT2D eigenvalue weighted by Gasteiger charge is -2.31. The number of benzene rings is 4. The number of terminal acetylenes is 1. The van der Waals surface area contributed by atoms with Gasteiger partial charge in [0.1, 0.15) is 29.9 Å². The fourth-order valence-corrected chi connectivity index (χ4v) is 6.16. The van der Waals surface area contributed by atoms with Gasteiger partial charge in [-0.15, -0.1) is 12.3 Å². The first-order valence-corrected chi connectivity index (χ1v) is 19.7. The molecule has 5 aromatic rings. The number of aryl methyl sites for hydroxylation is 1. The summed E-state index contributed by atoms with van der Waals surface area (Å²) in [6, 6.07) is 29.5. The quantitative estimate of drug-likeness (QED) is 0.0486. The fourth-order valence-electron chi connectivity index (χ4n) is 5.91. The first-order chi connectivity index (χ1) is 28.1. The van der Waals surface area contributed by atoms with Crippen molar-refractivity contribution in [2.75, 3.05) is 18.1 Å². The molecule has 0 saturated heterocycles. The minimum atomic E-state index is -1.20. The maximum absolute atomic E-state index is 14.0. The van der Waals surface area contributed by atoms with Crippen molar-refractivity contribution in [2.24, 2.45) is 0 Å². The lowest BCUT2D eigenvalue weighted by molar-refractivity contribution is -0.127. The van der Waals surface area contributed by atoms with Crippen LogP contribution >= 0.6 is 15.9 Å². The highest BCUT2D eigenvalue weighted by Crippen LogP contribution is 2.28. The highest BCUT2D eigenvalue weighted by Gasteiger charge is 2.32. The van der Waals surface area contributed by atoms with Crippen molar-refractivity contribution >= 4 is 45.3 Å². The number of halogens is 1. The number of carbonyl (C=O) groups excluding carboxylic acids is 3. The summed E-state index contributed by atoms with van der Waals surface area (Å²) in [6.07, 6.45) is 8.76. The Morgan fingerprint density at radius 3 is 2.28 bits per heavy atom. The Morgan fingerprint density at radius 2 is 1.59 bits per heavy atom. The second kappa shape index (κ2) is 21.8. The van der Waals surface area contributed by atoms with E-state index in [9.17, 15) is 24.3 Å². The summed E-state index contributed by atoms with van der Waals surface area (Å²) < 4.78 is 18.0. The normalized spacial score (nSPS) is 11.2. The van der Waals surface area contributed by atoms with E-state index < -0.39 is 17.9 Å². The van der Waals surface area contributed by atoms with Crippen LogP contribution in [0.15, 0.2) is 112 Å². The Kier molecular flexibility index (Phi) is 16.1. The molecule has 58 heavy (non-hydrogen) atoms. The van der Waals surface area contributed by atoms with Gasteiger partial charge in [0.25, 0.3) is 0 Å². The van der Waals surface area contributed by atoms with E-state index in [4.69, 9.17) is 20.4 Å². The Hall–Kier alpha value is -6.39. The van der Waals surface area contributed by atoms with Crippen LogP contribution in [0.1, 0.15) is 66.6 Å². The van der Waals surface area contributed by atoms with Gasteiger partial charge in [0.05, 0.1) is 0 Å². The van der Waals surface area contributed by atoms with Gasteiger partial charge in [-0.25, -0.2) is 4.79 Å². The van der Waals surface area contributed by atoms with E-state index in [2.05, 4.69) is 37.6 Å². The molecule has 0 radical (unpaired) electrons. The van der Waals surface area contributed by atoms with Crippen LogP contribution in [0.5, 0.6) is 17.2 Å². The van der Waals surface area contributed by atoms with Gasteiger partial charge < -0.3 is 29.7 Å². The summed E-state index contributed by atoms with van der Waals surface area (Å²) in [6.45, 7) is 2.46. The average molecular weight is 850 g/mol. The van der Waals surface area contributed by atoms with E-state index in [-0.39, 0.29) is 36.3 Å². The number of rotatable bonds is 21. The molecule has 1 atom stereocenters. The van der Waals surface area contributed by atoms with E-state index in [0.29, 0.717) is 74.4 Å². The van der Waals surface area contributed by atoms with Crippen molar-refractivity contribution in [2.45, 2.75) is 64.5 Å². The van der Waals surface area contributed by atoms with Crippen molar-refractivity contribution < 1.29 is 38.3 Å². The molecule has 5 rings (SSSR count). The number of nitrogens with zero attached hydrogens (tertiary/aromatic N) is 2. The molecule has 0 saturated carbocycles. The number of carboxylic acid groups (broad SMARTS) is 1. The van der Waals surface area contributed by atoms with Gasteiger partial charge in [0.15, 0.2) is 11.5 Å². The maximum Gasteiger partial charge on any atom is 0.358 e. The summed E-state index contributed by atoms with van der Waals surface area (Å²) in [5.74, 6) is 2.77. The summed E-state index contributed by atoms with van der Waals surface area (Å²) in [5.41, 5.74) is 2.73. The molecular formula is C45H45BrN4O8. The zero-order valence-electron chi connectivity index (χ0n) is 32.1. The van der Waals surface area contributed by atoms with E-state index >= 15 is 0 Å². The van der Waals surface area contributed by atoms with Crippen molar-refractivity contribution in [3.05, 3.63) is 124 Å². The van der Waals surface area contributed by atoms with Crippen LogP contribution in [0.2, 0.25) is 0 Å². The molecular weight excluding hydrogens is 804 g/mol. The molecule has 0 fully saturated rings. The Bertz CT molecular complexity index is 2180. The van der Waals surface area contributed by atoms with Crippen molar-refractivity contribution in [1.82, 2.24) is 15.8 Å². The second-order valence-corrected chi connectivity index (χ2v) is 14.3. The van der Waals surface area contributed by atoms with Crippen LogP contribution in [0, 0.1) is 19.3 Å². The Morgan fingerprint density at radius 1 is 0.862 bits per heavy atom. The van der Waals surface area contributed by atoms with Gasteiger partial charge in [-0.1, -0.05) is 57.8 Å². The van der Waals surface area contributed by atoms with E-state index in [1.165, 1.54) is 11.0 Å². The third-order valence-electron chi connectivity index (χ3n) is 9.06. The summed E-state index contributed by atoms with van der Waals surface area (Å²) in [5, 5.41) is 18.7. The number of carboxylic acids is 1. The van der Waals surface area contributed by atoms with Gasteiger partial charge in [-0.2, -0.15) is 0 Å². The smallest absolute Gasteiger partial charge is 0.358 e. The Labute approximate surface area is 346 Å². The second-order valence-electron chi connectivity index (χ2n) is 13.4. The van der Waals surface area contributed by atoms with Crippen LogP contribution < -0.4 is 25.0 Å². The molecule has 4 aromatic carbocycles. The lowest BCUT2D eigenvalue weighted by atomic mass is 10.1. The van der Waals surface area contributed by atoms with E-state index in [1.807, 2.05) is 73.7 Å². The monoisotopic (exact) mass is 848 g/mol. The zero-order chi connectivity index (χ0) is 41.3. The Balaban J connectivity index is 1.16. The van der Waals surface area contributed by atoms with E-state index in [1.54, 1.807) is 30.3 Å². The molecule has 0 spiro atoms. The largest absolute Gasteiger partial charge is 0.491 e. The molecule has 0 bridgehead atoms. The molecule has 1 aromatic heterocycles. The zero-order valence-corrected chi connectivity index (χ0v) is 33.7. The number of hydrogen-bond donors (Lipinski definition) is 3. The van der Waals surface area contributed by atoms with Crippen LogP contribution in [0.25, 0.3) is 11.3 Å². The highest BCUT2D eigenvalue weighted by atomic mass is 79.9. The molecule has 3 amide bonds. The predicted molar refractivity (Wildman–Crippen MR) is 224 cm³/mol. The van der Waals surface area contributed by atoms with Gasteiger partial charge in [-0.05, 0) is 104 Å². The van der Waals surface area contributed by atoms with E-state index in [0.717, 1.165) is 21.3 Å². The van der Waals surface area contributed by atoms with Crippen LogP contribution in [0.4, 0.5) is 5.69 Å². The summed E-state index contributed by atoms with van der Waals surface area (Å²) >= 11 is 3.52. The molecule has 300 valence electrons. The topological polar surface area (TPSA) is 160 Å². The van der Waals surface area contributed by atoms with Crippen LogP contribution in [-0.2, 0) is 20.9 Å². The van der Waals surface area contributed by atoms with Gasteiger partial charge >= 0.3 is 5.97 Å². The number of anilines is 1. The molecule has 1 heterocycles. The molecule has 3 N–H and O–H groups in total. The molecule has 0 aliphatic rings. The fraction of sp³-hybridized carbons (Fsp3) is 0.267. The molecule has 0 aliphatic carbocycles. The number of amides is 3. The standard InChI is InChI=1S/C45H45BrN4O8/c1-3-4-7-15-43(52)50(34-20-25-38(46)31(2)27-34)40(30-56-35-23-18-33(19-24-35)41-28-39(45(54)55)49-58-41)44(53)47-26-11-6-10-14-42(51)48-29-32-16-21-37(22-17-32)57-36-12-8-5-9-13-36/h1,5,8-9,12-13,16-25,27-28,40H,4,6-7,10-11,14-15,26,29-30H2,2H3,(H,47,53)(H,48,51)(H,54,55). The number of aromatic nitrogens is 1. The first kappa shape index (κ1) is 42.7. The third-order valence-corrected chi connectivity index (χ3v) is 9.95. The number of unbranched alkanes of at least 4 members (excludes halogenated alkanes) is 3. The first-order valence-electron chi connectivity index (χ1n) is 18.9. The summed E-state index contributed by atoms with van der Waals surface area (Å²) in [4.78, 5) is 53.1. The van der Waals surface area contributed by atoms with Crippen LogP contribution in [0.3, 0.4) is 0 Å². The number of ether oxygens (including phenoxy) is 2. The van der Waals surface area contributed by atoms with Gasteiger partial charge in [0, 0.05) is 54.1 Å². The minimum Gasteiger partial charge on any atom is -0.491 e. The van der Waals surface area contributed by atoms with Gasteiger partial charge in [-0.3, -0.25) is 19.3 Å². The predicted octanol–water partition coefficient (Wildman–Crippen LogP) is 8.48. The molecule has 13 heteroatoms. The molecule has 12 nitrogen and oxygen atoms in total. The summed E-state index contributed by atoms with van der Waals surface area (Å²) in [7, 11) is 0. The van der Waals surface area contributed by atoms with Crippen molar-refractivity contribution in [3.8, 4) is 40.9 Å². The van der Waals surface area contributed by atoms with Crippen molar-refractivity contribution in [3.63, 3.8) is 0 Å². The third kappa shape index (κ3) is 12.8. The maximum atomic E-state index is 14.0. The molecule has 0 aliphatic heterocycles. The lowest BCUT2D eigenvalue weighted by Crippen LogP contribution is -2.53. The average Bonchev–Trinajstić information content (AvgIpc) is 3.73.